The fourth-order valence-corrected chi connectivity index (χ4v) is 3.80. The second-order valence-corrected chi connectivity index (χ2v) is 8.44. The molecule has 0 N–H and O–H groups in total. The molecule has 0 atom stereocenters. The van der Waals surface area contributed by atoms with Gasteiger partial charge in [0.2, 0.25) is 0 Å². The van der Waals surface area contributed by atoms with Crippen molar-refractivity contribution in [2.75, 3.05) is 5.75 Å². The van der Waals surface area contributed by atoms with Gasteiger partial charge in [0.1, 0.15) is 5.69 Å². The summed E-state index contributed by atoms with van der Waals surface area (Å²) in [4.78, 5) is 8.02. The van der Waals surface area contributed by atoms with Crippen LogP contribution in [0.1, 0.15) is 12.6 Å². The number of rotatable bonds is 4. The monoisotopic (exact) mass is 440 g/mol. The largest absolute Gasteiger partial charge is 0.435 e. The number of sulfone groups is 1. The van der Waals surface area contributed by atoms with Gasteiger partial charge in [-0.1, -0.05) is 6.92 Å². The zero-order valence-electron chi connectivity index (χ0n) is 15.2. The fraction of sp³-hybridized carbons (Fsp3) is 0.176. The number of nitrogens with zero attached hydrogens (tertiary/aromatic N) is 6. The summed E-state index contributed by atoms with van der Waals surface area (Å²) in [6, 6.07) is 3.32. The summed E-state index contributed by atoms with van der Waals surface area (Å²) in [6.45, 7) is 1.43. The minimum absolute atomic E-state index is 0.0429. The lowest BCUT2D eigenvalue weighted by Gasteiger charge is -2.11. The highest BCUT2D eigenvalue weighted by atomic mass is 32.2. The molecular weight excluding hydrogens is 428 g/mol. The molecule has 0 unspecified atom stereocenters. The molecule has 8 nitrogen and oxygen atoms in total. The van der Waals surface area contributed by atoms with Crippen LogP contribution in [0.3, 0.4) is 0 Å². The SMILES string of the molecule is CCS(=O)(=O)c1cc(-n2cc(F)cn2)cnc1-c1ccn2nc(C(F)(F)F)cc2n1. The third-order valence-electron chi connectivity index (χ3n) is 4.23. The normalized spacial score (nSPS) is 12.6. The van der Waals surface area contributed by atoms with Crippen LogP contribution in [0, 0.1) is 5.82 Å². The van der Waals surface area contributed by atoms with Crippen molar-refractivity contribution in [2.45, 2.75) is 18.0 Å². The smallest absolute Gasteiger partial charge is 0.251 e. The van der Waals surface area contributed by atoms with Crippen LogP contribution in [0.15, 0.2) is 47.9 Å². The van der Waals surface area contributed by atoms with Crippen molar-refractivity contribution in [3.8, 4) is 17.1 Å². The summed E-state index contributed by atoms with van der Waals surface area (Å²) in [5, 5.41) is 7.18. The maximum atomic E-state index is 13.3. The molecule has 0 aromatic carbocycles. The lowest BCUT2D eigenvalue weighted by molar-refractivity contribution is -0.141. The number of fused-ring (bicyclic) bond motifs is 1. The molecule has 4 heterocycles. The van der Waals surface area contributed by atoms with Gasteiger partial charge in [0, 0.05) is 12.3 Å². The van der Waals surface area contributed by atoms with Crippen molar-refractivity contribution < 1.29 is 26.0 Å². The van der Waals surface area contributed by atoms with Crippen molar-refractivity contribution in [3.63, 3.8) is 0 Å². The van der Waals surface area contributed by atoms with E-state index in [9.17, 15) is 26.0 Å². The van der Waals surface area contributed by atoms with E-state index in [0.717, 1.165) is 27.7 Å². The first-order valence-electron chi connectivity index (χ1n) is 8.46. The van der Waals surface area contributed by atoms with E-state index in [0.29, 0.717) is 0 Å². The van der Waals surface area contributed by atoms with Crippen LogP contribution in [0.4, 0.5) is 17.6 Å². The summed E-state index contributed by atoms with van der Waals surface area (Å²) in [7, 11) is -3.81. The fourth-order valence-electron chi connectivity index (χ4n) is 2.74. The predicted octanol–water partition coefficient (Wildman–Crippen LogP) is 2.93. The first-order chi connectivity index (χ1) is 14.1. The van der Waals surface area contributed by atoms with Gasteiger partial charge >= 0.3 is 6.18 Å². The quantitative estimate of drug-likeness (QED) is 0.453. The Morgan fingerprint density at radius 3 is 2.57 bits per heavy atom. The number of halogens is 4. The molecule has 0 spiro atoms. The van der Waals surface area contributed by atoms with Gasteiger partial charge in [-0.2, -0.15) is 23.4 Å². The molecule has 0 fully saturated rings. The Balaban J connectivity index is 1.89. The van der Waals surface area contributed by atoms with E-state index in [-0.39, 0.29) is 33.4 Å². The van der Waals surface area contributed by atoms with E-state index in [2.05, 4.69) is 20.2 Å². The predicted molar refractivity (Wildman–Crippen MR) is 96.0 cm³/mol. The number of pyridine rings is 1. The molecule has 30 heavy (non-hydrogen) atoms. The van der Waals surface area contributed by atoms with Crippen molar-refractivity contribution >= 4 is 15.5 Å². The standard InChI is InChI=1S/C17H12F4N6O2S/c1-2-30(28,29)13-5-11(27-9-10(18)7-23-27)8-22-16(13)12-3-4-26-15(24-12)6-14(25-26)17(19,20)21/h3-9H,2H2,1H3. The van der Waals surface area contributed by atoms with Gasteiger partial charge in [0.05, 0.1) is 40.6 Å². The maximum Gasteiger partial charge on any atom is 0.435 e. The molecule has 0 aliphatic heterocycles. The topological polar surface area (TPSA) is 95.0 Å². The molecule has 0 aliphatic rings. The Morgan fingerprint density at radius 2 is 1.93 bits per heavy atom. The summed E-state index contributed by atoms with van der Waals surface area (Å²) in [5.74, 6) is -0.876. The maximum absolute atomic E-state index is 13.3. The Bertz CT molecular complexity index is 1360. The Morgan fingerprint density at radius 1 is 1.17 bits per heavy atom. The van der Waals surface area contributed by atoms with Crippen LogP contribution < -0.4 is 0 Å². The van der Waals surface area contributed by atoms with Gasteiger partial charge in [-0.25, -0.2) is 27.0 Å². The van der Waals surface area contributed by atoms with Crippen molar-refractivity contribution in [1.82, 2.24) is 29.4 Å². The molecule has 156 valence electrons. The van der Waals surface area contributed by atoms with E-state index in [4.69, 9.17) is 0 Å². The minimum atomic E-state index is -4.65. The highest BCUT2D eigenvalue weighted by Gasteiger charge is 2.34. The van der Waals surface area contributed by atoms with Gasteiger partial charge in [0.15, 0.2) is 27.0 Å². The molecule has 13 heteroatoms. The van der Waals surface area contributed by atoms with Crippen molar-refractivity contribution in [1.29, 1.82) is 0 Å². The van der Waals surface area contributed by atoms with E-state index in [1.54, 1.807) is 0 Å². The van der Waals surface area contributed by atoms with E-state index >= 15 is 0 Å². The summed E-state index contributed by atoms with van der Waals surface area (Å²) in [5.41, 5.74) is -1.07. The molecule has 4 aromatic heterocycles. The molecule has 0 saturated carbocycles. The van der Waals surface area contributed by atoms with Gasteiger partial charge in [0.25, 0.3) is 0 Å². The third kappa shape index (κ3) is 3.51. The highest BCUT2D eigenvalue weighted by Crippen LogP contribution is 2.30. The van der Waals surface area contributed by atoms with Crippen LogP contribution in [-0.2, 0) is 16.0 Å². The number of aromatic nitrogens is 6. The average Bonchev–Trinajstić information content (AvgIpc) is 3.33. The third-order valence-corrected chi connectivity index (χ3v) is 5.97. The van der Waals surface area contributed by atoms with Crippen LogP contribution in [-0.4, -0.2) is 43.5 Å². The van der Waals surface area contributed by atoms with E-state index in [1.807, 2.05) is 0 Å². The number of alkyl halides is 3. The van der Waals surface area contributed by atoms with E-state index < -0.39 is 27.5 Å². The molecule has 0 radical (unpaired) electrons. The lowest BCUT2D eigenvalue weighted by atomic mass is 10.2. The number of hydrogen-bond donors (Lipinski definition) is 0. The van der Waals surface area contributed by atoms with Crippen molar-refractivity contribution in [3.05, 3.63) is 54.5 Å². The van der Waals surface area contributed by atoms with Crippen LogP contribution in [0.2, 0.25) is 0 Å². The first kappa shape index (κ1) is 19.9. The second-order valence-electron chi connectivity index (χ2n) is 6.19. The Labute approximate surface area is 166 Å². The Kier molecular flexibility index (Phi) is 4.56. The molecule has 4 aromatic rings. The Hall–Kier alpha value is -3.35. The minimum Gasteiger partial charge on any atom is -0.251 e. The summed E-state index contributed by atoms with van der Waals surface area (Å²) in [6.07, 6.45) is -0.152. The van der Waals surface area contributed by atoms with E-state index in [1.165, 1.54) is 31.5 Å². The van der Waals surface area contributed by atoms with Gasteiger partial charge in [-0.3, -0.25) is 4.98 Å². The molecular formula is C17H12F4N6O2S. The zero-order chi connectivity index (χ0) is 21.7. The van der Waals surface area contributed by atoms with Gasteiger partial charge in [-0.05, 0) is 12.1 Å². The average molecular weight is 440 g/mol. The molecule has 0 bridgehead atoms. The van der Waals surface area contributed by atoms with Crippen LogP contribution >= 0.6 is 0 Å². The second kappa shape index (κ2) is 6.86. The van der Waals surface area contributed by atoms with Gasteiger partial charge < -0.3 is 0 Å². The van der Waals surface area contributed by atoms with Crippen LogP contribution in [0.5, 0.6) is 0 Å². The molecule has 0 aliphatic carbocycles. The summed E-state index contributed by atoms with van der Waals surface area (Å²) >= 11 is 0. The first-order valence-corrected chi connectivity index (χ1v) is 10.1. The van der Waals surface area contributed by atoms with Crippen LogP contribution in [0.25, 0.3) is 22.7 Å². The lowest BCUT2D eigenvalue weighted by Crippen LogP contribution is -2.09. The molecule has 4 rings (SSSR count). The molecule has 0 saturated heterocycles. The number of hydrogen-bond acceptors (Lipinski definition) is 6. The zero-order valence-corrected chi connectivity index (χ0v) is 16.0. The summed E-state index contributed by atoms with van der Waals surface area (Å²) < 4.78 is 79.3. The molecule has 0 amide bonds. The van der Waals surface area contributed by atoms with Gasteiger partial charge in [-0.15, -0.1) is 0 Å². The van der Waals surface area contributed by atoms with Crippen molar-refractivity contribution in [2.24, 2.45) is 0 Å². The highest BCUT2D eigenvalue weighted by molar-refractivity contribution is 7.91.